The van der Waals surface area contributed by atoms with Gasteiger partial charge in [-0.3, -0.25) is 0 Å². The van der Waals surface area contributed by atoms with Gasteiger partial charge in [0.2, 0.25) is 0 Å². The molecule has 96 valence electrons. The molecule has 1 heterocycles. The lowest BCUT2D eigenvalue weighted by Gasteiger charge is -2.14. The number of hydrogen-bond acceptors (Lipinski definition) is 3. The van der Waals surface area contributed by atoms with Gasteiger partial charge in [-0.15, -0.1) is 0 Å². The molecule has 0 aliphatic carbocycles. The quantitative estimate of drug-likeness (QED) is 0.929. The Kier molecular flexibility index (Phi) is 3.85. The minimum atomic E-state index is -0.448. The number of methoxy groups -OCH3 is 1. The molecule has 1 aromatic heterocycles. The van der Waals surface area contributed by atoms with E-state index in [0.717, 1.165) is 5.56 Å². The molecule has 0 bridgehead atoms. The summed E-state index contributed by atoms with van der Waals surface area (Å²) >= 11 is 12.3. The van der Waals surface area contributed by atoms with Crippen molar-refractivity contribution in [3.05, 3.63) is 51.4 Å². The lowest BCUT2D eigenvalue weighted by atomic mass is 10.0. The van der Waals surface area contributed by atoms with Crippen molar-refractivity contribution in [1.29, 1.82) is 0 Å². The first-order valence-electron chi connectivity index (χ1n) is 5.37. The van der Waals surface area contributed by atoms with Crippen LogP contribution in [0, 0.1) is 6.92 Å². The third kappa shape index (κ3) is 2.34. The van der Waals surface area contributed by atoms with Crippen LogP contribution in [0.5, 0.6) is 5.75 Å². The fourth-order valence-corrected chi connectivity index (χ4v) is 2.30. The highest BCUT2D eigenvalue weighted by molar-refractivity contribution is 6.34. The number of ether oxygens (including phenoxy) is 1. The Balaban J connectivity index is 2.46. The maximum absolute atomic E-state index is 6.18. The molecule has 0 saturated heterocycles. The molecule has 5 heteroatoms. The van der Waals surface area contributed by atoms with E-state index in [4.69, 9.17) is 38.1 Å². The summed E-state index contributed by atoms with van der Waals surface area (Å²) in [5.74, 6) is 1.20. The van der Waals surface area contributed by atoms with Gasteiger partial charge in [0, 0.05) is 11.1 Å². The molecule has 0 radical (unpaired) electrons. The molecule has 2 rings (SSSR count). The van der Waals surface area contributed by atoms with E-state index in [-0.39, 0.29) is 0 Å². The Morgan fingerprint density at radius 1 is 1.28 bits per heavy atom. The minimum absolute atomic E-state index is 0.448. The summed E-state index contributed by atoms with van der Waals surface area (Å²) in [4.78, 5) is 0. The molecule has 1 aromatic carbocycles. The monoisotopic (exact) mass is 285 g/mol. The number of rotatable bonds is 3. The topological polar surface area (TPSA) is 48.4 Å². The van der Waals surface area contributed by atoms with Gasteiger partial charge in [0.15, 0.2) is 0 Å². The first-order chi connectivity index (χ1) is 8.54. The summed E-state index contributed by atoms with van der Waals surface area (Å²) in [7, 11) is 1.54. The predicted octanol–water partition coefficient (Wildman–Crippen LogP) is 3.95. The zero-order chi connectivity index (χ0) is 13.3. The van der Waals surface area contributed by atoms with Crippen LogP contribution < -0.4 is 10.5 Å². The molecule has 0 fully saturated rings. The van der Waals surface area contributed by atoms with Gasteiger partial charge in [-0.05, 0) is 30.2 Å². The molecule has 2 aromatic rings. The average molecular weight is 286 g/mol. The van der Waals surface area contributed by atoms with Crippen LogP contribution >= 0.6 is 23.2 Å². The molecular formula is C13H13Cl2NO2. The molecular weight excluding hydrogens is 273 g/mol. The van der Waals surface area contributed by atoms with Crippen molar-refractivity contribution < 1.29 is 9.15 Å². The van der Waals surface area contributed by atoms with Gasteiger partial charge in [-0.25, -0.2) is 0 Å². The normalized spacial score (nSPS) is 12.5. The summed E-state index contributed by atoms with van der Waals surface area (Å²) in [6, 6.07) is 4.76. The Labute approximate surface area is 115 Å². The van der Waals surface area contributed by atoms with Crippen LogP contribution in [0.3, 0.4) is 0 Å². The van der Waals surface area contributed by atoms with E-state index >= 15 is 0 Å². The van der Waals surface area contributed by atoms with Crippen LogP contribution in [0.15, 0.2) is 28.9 Å². The average Bonchev–Trinajstić information content (AvgIpc) is 2.77. The highest BCUT2D eigenvalue weighted by Crippen LogP contribution is 2.36. The summed E-state index contributed by atoms with van der Waals surface area (Å²) in [5, 5.41) is 0.969. The van der Waals surface area contributed by atoms with Gasteiger partial charge in [0.05, 0.1) is 24.4 Å². The van der Waals surface area contributed by atoms with Gasteiger partial charge in [0.1, 0.15) is 11.5 Å². The smallest absolute Gasteiger partial charge is 0.138 e. The fourth-order valence-electron chi connectivity index (χ4n) is 1.78. The zero-order valence-corrected chi connectivity index (χ0v) is 11.5. The van der Waals surface area contributed by atoms with Crippen LogP contribution in [0.2, 0.25) is 10.0 Å². The van der Waals surface area contributed by atoms with Crippen molar-refractivity contribution >= 4 is 23.2 Å². The van der Waals surface area contributed by atoms with Crippen LogP contribution in [0.25, 0.3) is 0 Å². The van der Waals surface area contributed by atoms with Gasteiger partial charge in [0.25, 0.3) is 0 Å². The van der Waals surface area contributed by atoms with Crippen LogP contribution in [-0.4, -0.2) is 7.11 Å². The lowest BCUT2D eigenvalue weighted by Crippen LogP contribution is -2.12. The van der Waals surface area contributed by atoms with E-state index in [9.17, 15) is 0 Å². The molecule has 1 atom stereocenters. The van der Waals surface area contributed by atoms with E-state index in [2.05, 4.69) is 0 Å². The second-order valence-corrected chi connectivity index (χ2v) is 4.77. The Bertz CT molecular complexity index is 566. The van der Waals surface area contributed by atoms with E-state index < -0.39 is 6.04 Å². The van der Waals surface area contributed by atoms with Crippen LogP contribution in [-0.2, 0) is 0 Å². The van der Waals surface area contributed by atoms with Crippen molar-refractivity contribution in [2.24, 2.45) is 5.73 Å². The zero-order valence-electron chi connectivity index (χ0n) is 10.0. The Morgan fingerprint density at radius 3 is 2.56 bits per heavy atom. The fraction of sp³-hybridized carbons (Fsp3) is 0.231. The van der Waals surface area contributed by atoms with Crippen molar-refractivity contribution in [1.82, 2.24) is 0 Å². The molecule has 1 unspecified atom stereocenters. The third-order valence-electron chi connectivity index (χ3n) is 2.79. The van der Waals surface area contributed by atoms with Crippen LogP contribution in [0.1, 0.15) is 22.9 Å². The van der Waals surface area contributed by atoms with Crippen molar-refractivity contribution in [2.45, 2.75) is 13.0 Å². The predicted molar refractivity (Wildman–Crippen MR) is 72.5 cm³/mol. The highest BCUT2D eigenvalue weighted by atomic mass is 35.5. The van der Waals surface area contributed by atoms with E-state index in [1.807, 2.05) is 13.0 Å². The van der Waals surface area contributed by atoms with Gasteiger partial charge in [-0.2, -0.15) is 0 Å². The largest absolute Gasteiger partial charge is 0.495 e. The number of benzene rings is 1. The standard InChI is InChI=1S/C13H13Cl2NO2/c1-7-3-4-18-13(7)12(16)8-5-10(15)11(17-2)6-9(8)14/h3-6,12H,16H2,1-2H3. The molecule has 2 N–H and O–H groups in total. The molecule has 0 aliphatic heterocycles. The summed E-state index contributed by atoms with van der Waals surface area (Å²) in [6.07, 6.45) is 1.60. The van der Waals surface area contributed by atoms with Crippen LogP contribution in [0.4, 0.5) is 0 Å². The molecule has 18 heavy (non-hydrogen) atoms. The first-order valence-corrected chi connectivity index (χ1v) is 6.12. The maximum Gasteiger partial charge on any atom is 0.138 e. The molecule has 0 saturated carbocycles. The maximum atomic E-state index is 6.18. The molecule has 0 spiro atoms. The highest BCUT2D eigenvalue weighted by Gasteiger charge is 2.19. The summed E-state index contributed by atoms with van der Waals surface area (Å²) in [6.45, 7) is 1.93. The van der Waals surface area contributed by atoms with Gasteiger partial charge in [-0.1, -0.05) is 23.2 Å². The summed E-state index contributed by atoms with van der Waals surface area (Å²) < 4.78 is 10.5. The lowest BCUT2D eigenvalue weighted by molar-refractivity contribution is 0.414. The second-order valence-electron chi connectivity index (χ2n) is 3.95. The number of nitrogens with two attached hydrogens (primary N) is 1. The first kappa shape index (κ1) is 13.3. The molecule has 3 nitrogen and oxygen atoms in total. The van der Waals surface area contributed by atoms with E-state index in [1.165, 1.54) is 7.11 Å². The minimum Gasteiger partial charge on any atom is -0.495 e. The second kappa shape index (κ2) is 5.22. The van der Waals surface area contributed by atoms with E-state index in [0.29, 0.717) is 27.1 Å². The molecule has 0 amide bonds. The van der Waals surface area contributed by atoms with Crippen molar-refractivity contribution in [2.75, 3.05) is 7.11 Å². The van der Waals surface area contributed by atoms with Crippen molar-refractivity contribution in [3.8, 4) is 5.75 Å². The van der Waals surface area contributed by atoms with E-state index in [1.54, 1.807) is 18.4 Å². The third-order valence-corrected chi connectivity index (χ3v) is 3.41. The number of halogens is 2. The number of hydrogen-bond donors (Lipinski definition) is 1. The Morgan fingerprint density at radius 2 is 2.00 bits per heavy atom. The summed E-state index contributed by atoms with van der Waals surface area (Å²) in [5.41, 5.74) is 7.83. The number of aryl methyl sites for hydroxylation is 1. The van der Waals surface area contributed by atoms with Crippen molar-refractivity contribution in [3.63, 3.8) is 0 Å². The van der Waals surface area contributed by atoms with Gasteiger partial charge < -0.3 is 14.9 Å². The van der Waals surface area contributed by atoms with Gasteiger partial charge >= 0.3 is 0 Å². The number of furan rings is 1. The SMILES string of the molecule is COc1cc(Cl)c(C(N)c2occc2C)cc1Cl. The Hall–Kier alpha value is -1.16. The molecule has 0 aliphatic rings.